The minimum Gasteiger partial charge on any atom is -0.375 e. The van der Waals surface area contributed by atoms with Crippen LogP contribution in [-0.2, 0) is 4.74 Å². The maximum atomic E-state index is 6.20. The molecule has 3 N–H and O–H groups in total. The molecule has 2 aliphatic rings. The molecule has 3 nitrogen and oxygen atoms in total. The summed E-state index contributed by atoms with van der Waals surface area (Å²) < 4.78 is 6.20. The molecule has 21 heavy (non-hydrogen) atoms. The van der Waals surface area contributed by atoms with Crippen LogP contribution >= 0.6 is 11.6 Å². The first-order chi connectivity index (χ1) is 10.2. The number of hydrazine groups is 1. The number of halogens is 1. The third-order valence-corrected chi connectivity index (χ3v) is 5.43. The quantitative estimate of drug-likeness (QED) is 0.656. The standard InChI is InChI=1S/C17H25ClN2O/c18-15-6-4-13(5-7-15)16(20-19)14-8-11-21-17(12-14)9-2-1-3-10-17/h4-7,14,16,20H,1-3,8-12,19H2. The number of ether oxygens (including phenoxy) is 1. The average Bonchev–Trinajstić information content (AvgIpc) is 2.51. The predicted molar refractivity (Wildman–Crippen MR) is 86.0 cm³/mol. The monoisotopic (exact) mass is 308 g/mol. The predicted octanol–water partition coefficient (Wildman–Crippen LogP) is 3.97. The number of rotatable bonds is 3. The van der Waals surface area contributed by atoms with Crippen LogP contribution in [0.15, 0.2) is 24.3 Å². The van der Waals surface area contributed by atoms with Gasteiger partial charge in [0.15, 0.2) is 0 Å². The maximum Gasteiger partial charge on any atom is 0.0686 e. The van der Waals surface area contributed by atoms with Gasteiger partial charge >= 0.3 is 0 Å². The molecule has 0 aromatic heterocycles. The van der Waals surface area contributed by atoms with E-state index < -0.39 is 0 Å². The Bertz CT molecular complexity index is 451. The van der Waals surface area contributed by atoms with E-state index in [2.05, 4.69) is 17.6 Å². The lowest BCUT2D eigenvalue weighted by Gasteiger charge is -2.45. The van der Waals surface area contributed by atoms with Crippen molar-refractivity contribution in [3.8, 4) is 0 Å². The molecule has 1 aliphatic heterocycles. The SMILES string of the molecule is NNC(c1ccc(Cl)cc1)C1CCOC2(CCCCC2)C1. The molecule has 1 spiro atoms. The lowest BCUT2D eigenvalue weighted by molar-refractivity contribution is -0.122. The lowest BCUT2D eigenvalue weighted by atomic mass is 9.73. The van der Waals surface area contributed by atoms with E-state index in [4.69, 9.17) is 22.2 Å². The molecule has 0 amide bonds. The van der Waals surface area contributed by atoms with Gasteiger partial charge in [0.05, 0.1) is 5.60 Å². The highest BCUT2D eigenvalue weighted by molar-refractivity contribution is 6.30. The Morgan fingerprint density at radius 1 is 1.19 bits per heavy atom. The molecule has 1 aliphatic carbocycles. The zero-order chi connectivity index (χ0) is 14.7. The topological polar surface area (TPSA) is 47.3 Å². The van der Waals surface area contributed by atoms with Crippen LogP contribution in [0.5, 0.6) is 0 Å². The van der Waals surface area contributed by atoms with Crippen molar-refractivity contribution >= 4 is 11.6 Å². The van der Waals surface area contributed by atoms with Crippen molar-refractivity contribution in [1.82, 2.24) is 5.43 Å². The fourth-order valence-electron chi connectivity index (χ4n) is 4.07. The Balaban J connectivity index is 1.75. The summed E-state index contributed by atoms with van der Waals surface area (Å²) in [5.41, 5.74) is 4.37. The summed E-state index contributed by atoms with van der Waals surface area (Å²) in [6.45, 7) is 0.858. The molecule has 0 bridgehead atoms. The third-order valence-electron chi connectivity index (χ3n) is 5.18. The molecule has 2 atom stereocenters. The van der Waals surface area contributed by atoms with Crippen LogP contribution in [-0.4, -0.2) is 12.2 Å². The summed E-state index contributed by atoms with van der Waals surface area (Å²) in [6, 6.07) is 8.23. The van der Waals surface area contributed by atoms with Gasteiger partial charge in [-0.05, 0) is 49.3 Å². The van der Waals surface area contributed by atoms with Crippen LogP contribution in [0.25, 0.3) is 0 Å². The molecular weight excluding hydrogens is 284 g/mol. The fourth-order valence-corrected chi connectivity index (χ4v) is 4.20. The van der Waals surface area contributed by atoms with Crippen molar-refractivity contribution in [1.29, 1.82) is 0 Å². The van der Waals surface area contributed by atoms with Crippen LogP contribution in [0, 0.1) is 5.92 Å². The van der Waals surface area contributed by atoms with Crippen LogP contribution in [0.1, 0.15) is 56.6 Å². The molecule has 2 fully saturated rings. The highest BCUT2D eigenvalue weighted by Gasteiger charge is 2.40. The maximum absolute atomic E-state index is 6.20. The summed E-state index contributed by atoms with van der Waals surface area (Å²) in [4.78, 5) is 0. The van der Waals surface area contributed by atoms with Crippen molar-refractivity contribution in [2.24, 2.45) is 11.8 Å². The van der Waals surface area contributed by atoms with Crippen molar-refractivity contribution in [2.45, 2.75) is 56.6 Å². The second kappa shape index (κ2) is 6.66. The minimum atomic E-state index is 0.114. The number of nitrogens with one attached hydrogen (secondary N) is 1. The Morgan fingerprint density at radius 3 is 2.57 bits per heavy atom. The van der Waals surface area contributed by atoms with Crippen LogP contribution in [0.4, 0.5) is 0 Å². The zero-order valence-corrected chi connectivity index (χ0v) is 13.2. The Hall–Kier alpha value is -0.610. The molecule has 2 unspecified atom stereocenters. The number of nitrogens with two attached hydrogens (primary N) is 1. The van der Waals surface area contributed by atoms with Crippen molar-refractivity contribution in [2.75, 3.05) is 6.61 Å². The summed E-state index contributed by atoms with van der Waals surface area (Å²) >= 11 is 5.99. The molecule has 1 aromatic rings. The van der Waals surface area contributed by atoms with Gasteiger partial charge in [0, 0.05) is 17.7 Å². The molecule has 1 saturated carbocycles. The van der Waals surface area contributed by atoms with Crippen LogP contribution in [0.3, 0.4) is 0 Å². The Kier molecular flexibility index (Phi) is 4.85. The van der Waals surface area contributed by atoms with Gasteiger partial charge in [-0.1, -0.05) is 43.0 Å². The van der Waals surface area contributed by atoms with Gasteiger partial charge in [-0.2, -0.15) is 0 Å². The van der Waals surface area contributed by atoms with Gasteiger partial charge in [-0.3, -0.25) is 11.3 Å². The van der Waals surface area contributed by atoms with Gasteiger partial charge < -0.3 is 4.74 Å². The summed E-state index contributed by atoms with van der Waals surface area (Å²) in [6.07, 6.45) is 8.56. The molecule has 116 valence electrons. The lowest BCUT2D eigenvalue weighted by Crippen LogP contribution is -2.45. The van der Waals surface area contributed by atoms with Gasteiger partial charge in [-0.15, -0.1) is 0 Å². The first-order valence-corrected chi connectivity index (χ1v) is 8.46. The number of hydrogen-bond acceptors (Lipinski definition) is 3. The third kappa shape index (κ3) is 3.42. The minimum absolute atomic E-state index is 0.114. The van der Waals surface area contributed by atoms with Crippen molar-refractivity contribution in [3.63, 3.8) is 0 Å². The summed E-state index contributed by atoms with van der Waals surface area (Å²) in [7, 11) is 0. The van der Waals surface area contributed by atoms with E-state index in [0.717, 1.165) is 24.5 Å². The van der Waals surface area contributed by atoms with Crippen molar-refractivity contribution in [3.05, 3.63) is 34.9 Å². The molecule has 0 radical (unpaired) electrons. The second-order valence-electron chi connectivity index (χ2n) is 6.54. The van der Waals surface area contributed by atoms with E-state index in [1.165, 1.54) is 37.7 Å². The fraction of sp³-hybridized carbons (Fsp3) is 0.647. The van der Waals surface area contributed by atoms with E-state index in [1.807, 2.05) is 12.1 Å². The van der Waals surface area contributed by atoms with E-state index >= 15 is 0 Å². The Morgan fingerprint density at radius 2 is 1.90 bits per heavy atom. The first-order valence-electron chi connectivity index (χ1n) is 8.08. The smallest absolute Gasteiger partial charge is 0.0686 e. The van der Waals surface area contributed by atoms with E-state index in [-0.39, 0.29) is 11.6 Å². The van der Waals surface area contributed by atoms with E-state index in [9.17, 15) is 0 Å². The van der Waals surface area contributed by atoms with E-state index in [0.29, 0.717) is 5.92 Å². The second-order valence-corrected chi connectivity index (χ2v) is 6.98. The summed E-state index contributed by atoms with van der Waals surface area (Å²) in [5, 5.41) is 0.769. The zero-order valence-electron chi connectivity index (χ0n) is 12.5. The largest absolute Gasteiger partial charge is 0.375 e. The average molecular weight is 309 g/mol. The van der Waals surface area contributed by atoms with E-state index in [1.54, 1.807) is 0 Å². The van der Waals surface area contributed by atoms with Crippen molar-refractivity contribution < 1.29 is 4.74 Å². The molecule has 1 aromatic carbocycles. The van der Waals surface area contributed by atoms with Crippen LogP contribution < -0.4 is 11.3 Å². The van der Waals surface area contributed by atoms with Gasteiger partial charge in [-0.25, -0.2) is 0 Å². The van der Waals surface area contributed by atoms with Gasteiger partial charge in [0.2, 0.25) is 0 Å². The summed E-state index contributed by atoms with van der Waals surface area (Å²) in [5.74, 6) is 6.40. The number of hydrogen-bond donors (Lipinski definition) is 2. The highest BCUT2D eigenvalue weighted by Crippen LogP contribution is 2.44. The van der Waals surface area contributed by atoms with Gasteiger partial charge in [0.1, 0.15) is 0 Å². The Labute approximate surface area is 132 Å². The van der Waals surface area contributed by atoms with Crippen LogP contribution in [0.2, 0.25) is 5.02 Å². The molecular formula is C17H25ClN2O. The first kappa shape index (κ1) is 15.3. The molecule has 1 heterocycles. The molecule has 1 saturated heterocycles. The molecule has 4 heteroatoms. The molecule has 3 rings (SSSR count). The highest BCUT2D eigenvalue weighted by atomic mass is 35.5. The normalized spacial score (nSPS) is 26.7. The van der Waals surface area contributed by atoms with Gasteiger partial charge in [0.25, 0.3) is 0 Å². The number of benzene rings is 1.